The number of hydrazone groups is 1. The SMILES string of the molecule is Clc1ccc(C2=NN(c3ccc(Sc4ccnc5ccoc45)cc3)Cc3ccccc32)nc1. The van der Waals surface area contributed by atoms with Crippen molar-refractivity contribution >= 4 is 45.9 Å². The minimum Gasteiger partial charge on any atom is -0.461 e. The minimum absolute atomic E-state index is 0.606. The van der Waals surface area contributed by atoms with Gasteiger partial charge in [-0.25, -0.2) is 0 Å². The first-order valence-corrected chi connectivity index (χ1v) is 11.6. The summed E-state index contributed by atoms with van der Waals surface area (Å²) in [5.74, 6) is 0. The lowest BCUT2D eigenvalue weighted by atomic mass is 9.98. The molecule has 0 amide bonds. The molecule has 160 valence electrons. The van der Waals surface area contributed by atoms with Crippen LogP contribution in [0.3, 0.4) is 0 Å². The first kappa shape index (κ1) is 20.0. The molecule has 5 nitrogen and oxygen atoms in total. The predicted molar refractivity (Wildman–Crippen MR) is 132 cm³/mol. The Kier molecular flexibility index (Phi) is 5.09. The molecule has 7 heteroatoms. The lowest BCUT2D eigenvalue weighted by Crippen LogP contribution is -2.26. The summed E-state index contributed by atoms with van der Waals surface area (Å²) in [4.78, 5) is 11.0. The molecule has 0 fully saturated rings. The maximum absolute atomic E-state index is 6.05. The molecule has 4 heterocycles. The zero-order valence-electron chi connectivity index (χ0n) is 17.4. The van der Waals surface area contributed by atoms with Crippen LogP contribution in [0.4, 0.5) is 5.69 Å². The standard InChI is InChI=1S/C26H17ClN4OS/c27-18-5-10-22(29-15-18)25-21-4-2-1-3-17(21)16-31(30-25)19-6-8-20(9-7-19)33-24-11-13-28-23-12-14-32-26(23)24/h1-15H,16H2. The molecule has 0 atom stereocenters. The van der Waals surface area contributed by atoms with Gasteiger partial charge in [0.25, 0.3) is 0 Å². The van der Waals surface area contributed by atoms with Gasteiger partial charge in [0.05, 0.1) is 34.1 Å². The third-order valence-electron chi connectivity index (χ3n) is 5.45. The minimum atomic E-state index is 0.606. The Morgan fingerprint density at radius 1 is 0.909 bits per heavy atom. The number of nitrogens with zero attached hydrogens (tertiary/aromatic N) is 4. The number of rotatable bonds is 4. The first-order chi connectivity index (χ1) is 16.2. The Morgan fingerprint density at radius 3 is 2.64 bits per heavy atom. The highest BCUT2D eigenvalue weighted by molar-refractivity contribution is 7.99. The number of fused-ring (bicyclic) bond motifs is 2. The van der Waals surface area contributed by atoms with E-state index in [0.717, 1.165) is 43.5 Å². The van der Waals surface area contributed by atoms with Crippen LogP contribution >= 0.6 is 23.4 Å². The van der Waals surface area contributed by atoms with Gasteiger partial charge in [-0.1, -0.05) is 47.6 Å². The van der Waals surface area contributed by atoms with Gasteiger partial charge >= 0.3 is 0 Å². The number of furan rings is 1. The molecule has 0 unspecified atom stereocenters. The topological polar surface area (TPSA) is 54.5 Å². The van der Waals surface area contributed by atoms with Crippen molar-refractivity contribution in [2.45, 2.75) is 16.3 Å². The van der Waals surface area contributed by atoms with Gasteiger partial charge in [-0.2, -0.15) is 5.10 Å². The van der Waals surface area contributed by atoms with Crippen LogP contribution in [0.15, 0.2) is 111 Å². The van der Waals surface area contributed by atoms with Gasteiger partial charge in [0.2, 0.25) is 0 Å². The van der Waals surface area contributed by atoms with E-state index in [-0.39, 0.29) is 0 Å². The van der Waals surface area contributed by atoms with Crippen molar-refractivity contribution in [1.29, 1.82) is 0 Å². The van der Waals surface area contributed by atoms with Crippen molar-refractivity contribution in [3.8, 4) is 0 Å². The fourth-order valence-electron chi connectivity index (χ4n) is 3.86. The Morgan fingerprint density at radius 2 is 1.79 bits per heavy atom. The fraction of sp³-hybridized carbons (Fsp3) is 0.0385. The Labute approximate surface area is 199 Å². The van der Waals surface area contributed by atoms with E-state index in [9.17, 15) is 0 Å². The largest absolute Gasteiger partial charge is 0.461 e. The molecule has 0 spiro atoms. The quantitative estimate of drug-likeness (QED) is 0.290. The van der Waals surface area contributed by atoms with E-state index < -0.39 is 0 Å². The molecule has 2 aromatic carbocycles. The molecule has 0 N–H and O–H groups in total. The molecule has 5 aromatic rings. The van der Waals surface area contributed by atoms with Gasteiger partial charge in [0.15, 0.2) is 5.58 Å². The molecule has 1 aliphatic heterocycles. The van der Waals surface area contributed by atoms with E-state index >= 15 is 0 Å². The summed E-state index contributed by atoms with van der Waals surface area (Å²) in [6.45, 7) is 0.692. The summed E-state index contributed by atoms with van der Waals surface area (Å²) in [6.07, 6.45) is 5.13. The van der Waals surface area contributed by atoms with E-state index in [4.69, 9.17) is 21.1 Å². The van der Waals surface area contributed by atoms with Gasteiger partial charge in [0.1, 0.15) is 11.2 Å². The van der Waals surface area contributed by atoms with E-state index in [0.29, 0.717) is 11.6 Å². The number of anilines is 1. The highest BCUT2D eigenvalue weighted by Crippen LogP contribution is 2.35. The van der Waals surface area contributed by atoms with E-state index in [2.05, 4.69) is 52.4 Å². The van der Waals surface area contributed by atoms with Gasteiger partial charge in [0, 0.05) is 28.9 Å². The van der Waals surface area contributed by atoms with Crippen molar-refractivity contribution in [2.24, 2.45) is 5.10 Å². The number of aromatic nitrogens is 2. The van der Waals surface area contributed by atoms with Crippen molar-refractivity contribution in [2.75, 3.05) is 5.01 Å². The molecule has 0 radical (unpaired) electrons. The van der Waals surface area contributed by atoms with Crippen molar-refractivity contribution in [3.63, 3.8) is 0 Å². The molecule has 3 aromatic heterocycles. The average molecular weight is 469 g/mol. The van der Waals surface area contributed by atoms with Gasteiger partial charge < -0.3 is 4.42 Å². The van der Waals surface area contributed by atoms with Gasteiger partial charge in [-0.3, -0.25) is 15.0 Å². The normalized spacial score (nSPS) is 13.1. The summed E-state index contributed by atoms with van der Waals surface area (Å²) in [5.41, 5.74) is 6.61. The Hall–Kier alpha value is -3.61. The zero-order chi connectivity index (χ0) is 22.2. The lowest BCUT2D eigenvalue weighted by molar-refractivity contribution is 0.608. The number of hydrogen-bond donors (Lipinski definition) is 0. The van der Waals surface area contributed by atoms with E-state index in [1.54, 1.807) is 30.4 Å². The first-order valence-electron chi connectivity index (χ1n) is 10.4. The molecule has 0 aliphatic carbocycles. The van der Waals surface area contributed by atoms with Gasteiger partial charge in [-0.15, -0.1) is 0 Å². The highest BCUT2D eigenvalue weighted by Gasteiger charge is 2.22. The molecule has 33 heavy (non-hydrogen) atoms. The maximum atomic E-state index is 6.05. The van der Waals surface area contributed by atoms with Crippen LogP contribution in [-0.2, 0) is 6.54 Å². The van der Waals surface area contributed by atoms with Crippen molar-refractivity contribution in [1.82, 2.24) is 9.97 Å². The molecule has 0 saturated carbocycles. The zero-order valence-corrected chi connectivity index (χ0v) is 18.9. The molecule has 0 saturated heterocycles. The Bertz CT molecular complexity index is 1480. The second kappa shape index (κ2) is 8.39. The van der Waals surface area contributed by atoms with Crippen LogP contribution in [0.5, 0.6) is 0 Å². The highest BCUT2D eigenvalue weighted by atomic mass is 35.5. The summed E-state index contributed by atoms with van der Waals surface area (Å²) in [5, 5.41) is 7.57. The molecular weight excluding hydrogens is 452 g/mol. The summed E-state index contributed by atoms with van der Waals surface area (Å²) >= 11 is 7.70. The predicted octanol–water partition coefficient (Wildman–Crippen LogP) is 6.80. The number of hydrogen-bond acceptors (Lipinski definition) is 6. The van der Waals surface area contributed by atoms with Crippen LogP contribution < -0.4 is 5.01 Å². The molecule has 1 aliphatic rings. The summed E-state index contributed by atoms with van der Waals surface area (Å²) in [7, 11) is 0. The molecule has 6 rings (SSSR count). The number of halogens is 1. The van der Waals surface area contributed by atoms with Crippen LogP contribution in [-0.4, -0.2) is 15.7 Å². The lowest BCUT2D eigenvalue weighted by Gasteiger charge is -2.27. The smallest absolute Gasteiger partial charge is 0.166 e. The average Bonchev–Trinajstić information content (AvgIpc) is 3.34. The van der Waals surface area contributed by atoms with Crippen LogP contribution in [0.2, 0.25) is 5.02 Å². The second-order valence-corrected chi connectivity index (χ2v) is 9.12. The Balaban J connectivity index is 1.32. The number of benzene rings is 2. The van der Waals surface area contributed by atoms with Crippen molar-refractivity contribution in [3.05, 3.63) is 113 Å². The molecule has 0 bridgehead atoms. The fourth-order valence-corrected chi connectivity index (χ4v) is 4.87. The van der Waals surface area contributed by atoms with Crippen LogP contribution in [0.1, 0.15) is 16.8 Å². The van der Waals surface area contributed by atoms with E-state index in [1.807, 2.05) is 35.3 Å². The third kappa shape index (κ3) is 3.88. The van der Waals surface area contributed by atoms with Crippen LogP contribution in [0, 0.1) is 0 Å². The number of pyridine rings is 2. The summed E-state index contributed by atoms with van der Waals surface area (Å²) < 4.78 is 5.61. The monoisotopic (exact) mass is 468 g/mol. The molecular formula is C26H17ClN4OS. The third-order valence-corrected chi connectivity index (χ3v) is 6.73. The van der Waals surface area contributed by atoms with E-state index in [1.165, 1.54) is 5.56 Å². The van der Waals surface area contributed by atoms with Gasteiger partial charge in [-0.05, 0) is 48.0 Å². The maximum Gasteiger partial charge on any atom is 0.166 e. The van der Waals surface area contributed by atoms with Crippen molar-refractivity contribution < 1.29 is 4.42 Å². The summed E-state index contributed by atoms with van der Waals surface area (Å²) in [6, 6.07) is 24.3. The second-order valence-electron chi connectivity index (χ2n) is 7.57. The van der Waals surface area contributed by atoms with Crippen LogP contribution in [0.25, 0.3) is 11.1 Å².